The number of benzene rings is 2. The first-order valence-corrected chi connectivity index (χ1v) is 17.2. The van der Waals surface area contributed by atoms with Crippen LogP contribution in [0.25, 0.3) is 5.57 Å². The predicted molar refractivity (Wildman–Crippen MR) is 154 cm³/mol. The van der Waals surface area contributed by atoms with E-state index in [2.05, 4.69) is 64.2 Å². The molecule has 36 heavy (non-hydrogen) atoms. The van der Waals surface area contributed by atoms with Gasteiger partial charge in [0.15, 0.2) is 0 Å². The molecule has 0 radical (unpaired) electrons. The molecule has 2 aromatic carbocycles. The van der Waals surface area contributed by atoms with Gasteiger partial charge < -0.3 is 9.53 Å². The minimum Gasteiger partial charge on any atom is -0.547 e. The number of hydrogen-bond acceptors (Lipinski definition) is 2. The second kappa shape index (κ2) is 10.1. The summed E-state index contributed by atoms with van der Waals surface area (Å²) in [5.41, 5.74) is 7.03. The summed E-state index contributed by atoms with van der Waals surface area (Å²) < 4.78 is 6.94. The molecule has 6 rings (SSSR count). The molecule has 0 spiro atoms. The van der Waals surface area contributed by atoms with Crippen LogP contribution in [0.1, 0.15) is 88.0 Å². The monoisotopic (exact) mass is 502 g/mol. The number of hydrogen-bond donors (Lipinski definition) is 1. The Morgan fingerprint density at radius 3 is 2.11 bits per heavy atom. The first kappa shape index (κ1) is 25.8. The highest BCUT2D eigenvalue weighted by Gasteiger charge is 2.53. The molecule has 3 heteroatoms. The van der Waals surface area contributed by atoms with Gasteiger partial charge in [0.2, 0.25) is 9.04 Å². The zero-order valence-corrected chi connectivity index (χ0v) is 24.3. The van der Waals surface area contributed by atoms with Crippen LogP contribution in [0.4, 0.5) is 0 Å². The third kappa shape index (κ3) is 5.11. The van der Waals surface area contributed by atoms with Crippen LogP contribution in [0.3, 0.4) is 0 Å². The first-order valence-electron chi connectivity index (χ1n) is 14.4. The summed E-state index contributed by atoms with van der Waals surface area (Å²) in [5, 5.41) is 10.0. The Hall–Kier alpha value is -1.84. The van der Waals surface area contributed by atoms with Gasteiger partial charge in [0.25, 0.3) is 0 Å². The largest absolute Gasteiger partial charge is 0.547 e. The molecule has 4 fully saturated rings. The average Bonchev–Trinajstić information content (AvgIpc) is 2.81. The minimum absolute atomic E-state index is 0.0771. The van der Waals surface area contributed by atoms with Crippen LogP contribution in [-0.4, -0.2) is 20.8 Å². The van der Waals surface area contributed by atoms with E-state index in [0.29, 0.717) is 5.41 Å². The molecule has 1 N–H and O–H groups in total. The van der Waals surface area contributed by atoms with Crippen LogP contribution < -0.4 is 4.43 Å². The van der Waals surface area contributed by atoms with Gasteiger partial charge in [0.05, 0.1) is 6.61 Å². The highest BCUT2D eigenvalue weighted by molar-refractivity contribution is 6.49. The molecule has 2 nitrogen and oxygen atoms in total. The van der Waals surface area contributed by atoms with Crippen molar-refractivity contribution in [3.05, 3.63) is 70.8 Å². The Bertz CT molecular complexity index is 1060. The van der Waals surface area contributed by atoms with Gasteiger partial charge in [-0.1, -0.05) is 69.3 Å². The highest BCUT2D eigenvalue weighted by atomic mass is 28.3. The Morgan fingerprint density at radius 2 is 1.58 bits per heavy atom. The molecular weight excluding hydrogens is 456 g/mol. The summed E-state index contributed by atoms with van der Waals surface area (Å²) in [4.78, 5) is 0. The number of aliphatic hydroxyl groups excluding tert-OH is 1. The van der Waals surface area contributed by atoms with Gasteiger partial charge in [-0.25, -0.2) is 0 Å². The molecule has 0 atom stereocenters. The van der Waals surface area contributed by atoms with Crippen molar-refractivity contribution in [2.75, 3.05) is 6.61 Å². The summed E-state index contributed by atoms with van der Waals surface area (Å²) in [6.45, 7) is 11.9. The molecule has 0 aromatic heterocycles. The summed E-state index contributed by atoms with van der Waals surface area (Å²) in [6, 6.07) is 15.1. The fourth-order valence-corrected chi connectivity index (χ4v) is 8.83. The molecule has 0 unspecified atom stereocenters. The number of rotatable bonds is 8. The van der Waals surface area contributed by atoms with Crippen molar-refractivity contribution < 1.29 is 9.53 Å². The van der Waals surface area contributed by atoms with Gasteiger partial charge in [-0.3, -0.25) is 0 Å². The second-order valence-corrected chi connectivity index (χ2v) is 15.7. The molecule has 4 aliphatic carbocycles. The molecule has 4 aliphatic rings. The SMILES string of the molecule is C[SiH](C)Oc1c(CC/C=C(/CO)c2ccccc2)ccc(C(C)(C)C)c1C12CC3CC(CC(C3)C1)C2. The van der Waals surface area contributed by atoms with E-state index in [9.17, 15) is 5.11 Å². The predicted octanol–water partition coefficient (Wildman–Crippen LogP) is 7.82. The van der Waals surface area contributed by atoms with Gasteiger partial charge in [-0.2, -0.15) is 0 Å². The minimum atomic E-state index is -1.29. The lowest BCUT2D eigenvalue weighted by molar-refractivity contribution is -0.00662. The van der Waals surface area contributed by atoms with Gasteiger partial charge in [0, 0.05) is 11.0 Å². The van der Waals surface area contributed by atoms with Crippen molar-refractivity contribution in [2.24, 2.45) is 17.8 Å². The fourth-order valence-electron chi connectivity index (χ4n) is 8.09. The summed E-state index contributed by atoms with van der Waals surface area (Å²) in [7, 11) is -1.29. The van der Waals surface area contributed by atoms with E-state index in [0.717, 1.165) is 41.7 Å². The van der Waals surface area contributed by atoms with Crippen molar-refractivity contribution in [1.82, 2.24) is 0 Å². The van der Waals surface area contributed by atoms with Crippen molar-refractivity contribution in [3.63, 3.8) is 0 Å². The summed E-state index contributed by atoms with van der Waals surface area (Å²) >= 11 is 0. The van der Waals surface area contributed by atoms with Crippen LogP contribution in [0, 0.1) is 17.8 Å². The lowest BCUT2D eigenvalue weighted by Gasteiger charge is -2.58. The van der Waals surface area contributed by atoms with Crippen LogP contribution in [0.2, 0.25) is 13.1 Å². The Kier molecular flexibility index (Phi) is 7.26. The molecule has 2 aromatic rings. The van der Waals surface area contributed by atoms with Crippen molar-refractivity contribution in [3.8, 4) is 5.75 Å². The van der Waals surface area contributed by atoms with Crippen LogP contribution >= 0.6 is 0 Å². The lowest BCUT2D eigenvalue weighted by atomic mass is 9.47. The number of aryl methyl sites for hydroxylation is 1. The van der Waals surface area contributed by atoms with Gasteiger partial charge in [-0.05, 0) is 110 Å². The topological polar surface area (TPSA) is 29.5 Å². The van der Waals surface area contributed by atoms with Crippen molar-refractivity contribution in [1.29, 1.82) is 0 Å². The maximum Gasteiger partial charge on any atom is 0.229 e. The quantitative estimate of drug-likeness (QED) is 0.373. The van der Waals surface area contributed by atoms with E-state index >= 15 is 0 Å². The van der Waals surface area contributed by atoms with E-state index in [1.165, 1.54) is 55.4 Å². The zero-order valence-electron chi connectivity index (χ0n) is 23.1. The Labute approximate surface area is 220 Å². The van der Waals surface area contributed by atoms with Gasteiger partial charge in [0.1, 0.15) is 5.75 Å². The molecule has 4 bridgehead atoms. The van der Waals surface area contributed by atoms with Gasteiger partial charge in [-0.15, -0.1) is 0 Å². The molecule has 0 heterocycles. The lowest BCUT2D eigenvalue weighted by Crippen LogP contribution is -2.49. The molecular formula is C33H46O2Si. The van der Waals surface area contributed by atoms with Gasteiger partial charge >= 0.3 is 0 Å². The van der Waals surface area contributed by atoms with E-state index < -0.39 is 9.04 Å². The highest BCUT2D eigenvalue weighted by Crippen LogP contribution is 2.63. The fraction of sp³-hybridized carbons (Fsp3) is 0.576. The molecule has 0 aliphatic heterocycles. The summed E-state index contributed by atoms with van der Waals surface area (Å²) in [6.07, 6.45) is 12.6. The van der Waals surface area contributed by atoms with Crippen molar-refractivity contribution >= 4 is 14.6 Å². The maximum absolute atomic E-state index is 10.0. The molecule has 4 saturated carbocycles. The van der Waals surface area contributed by atoms with E-state index in [1.807, 2.05) is 18.2 Å². The van der Waals surface area contributed by atoms with E-state index in [4.69, 9.17) is 4.43 Å². The molecule has 0 saturated heterocycles. The Balaban J connectivity index is 1.55. The van der Waals surface area contributed by atoms with E-state index in [1.54, 1.807) is 5.56 Å². The first-order chi connectivity index (χ1) is 17.2. The average molecular weight is 503 g/mol. The summed E-state index contributed by atoms with van der Waals surface area (Å²) in [5.74, 6) is 4.00. The van der Waals surface area contributed by atoms with Crippen LogP contribution in [0.5, 0.6) is 5.75 Å². The zero-order chi connectivity index (χ0) is 25.5. The Morgan fingerprint density at radius 1 is 0.972 bits per heavy atom. The second-order valence-electron chi connectivity index (χ2n) is 13.4. The van der Waals surface area contributed by atoms with Crippen LogP contribution in [-0.2, 0) is 17.3 Å². The maximum atomic E-state index is 10.0. The molecule has 0 amide bonds. The third-order valence-corrected chi connectivity index (χ3v) is 9.80. The van der Waals surface area contributed by atoms with E-state index in [-0.39, 0.29) is 12.0 Å². The standard InChI is InChI=1S/C33H46O2Si/c1-32(2,3)29-15-14-27(12-9-13-28(22-34)26-10-7-6-8-11-26)31(35-36(4)5)30(29)33-19-23-16-24(20-33)18-25(17-23)21-33/h6-8,10-11,13-15,23-25,34,36H,9,12,16-22H2,1-5H3/b28-13-. The third-order valence-electron chi connectivity index (χ3n) is 9.09. The number of allylic oxidation sites excluding steroid dienone is 1. The molecule has 194 valence electrons. The van der Waals surface area contributed by atoms with Crippen LogP contribution in [0.15, 0.2) is 48.5 Å². The van der Waals surface area contributed by atoms with Crippen molar-refractivity contribution in [2.45, 2.75) is 96.1 Å². The normalized spacial score (nSPS) is 27.6. The number of aliphatic hydroxyl groups is 1. The smallest absolute Gasteiger partial charge is 0.229 e.